The van der Waals surface area contributed by atoms with Gasteiger partial charge < -0.3 is 0 Å². The van der Waals surface area contributed by atoms with Crippen LogP contribution in [0.3, 0.4) is 0 Å². The lowest BCUT2D eigenvalue weighted by Crippen LogP contribution is -2.05. The molecule has 0 N–H and O–H groups in total. The second kappa shape index (κ2) is 6.36. The number of hydrogen-bond donors (Lipinski definition) is 0. The van der Waals surface area contributed by atoms with Crippen molar-refractivity contribution in [2.75, 3.05) is 5.88 Å². The molecule has 0 spiro atoms. The zero-order chi connectivity index (χ0) is 13.8. The largest absolute Gasteiger partial charge is 0.207 e. The van der Waals surface area contributed by atoms with Gasteiger partial charge in [-0.25, -0.2) is 8.78 Å². The van der Waals surface area contributed by atoms with E-state index in [2.05, 4.69) is 0 Å². The van der Waals surface area contributed by atoms with E-state index in [0.29, 0.717) is 12.3 Å². The molecule has 1 atom stereocenters. The van der Waals surface area contributed by atoms with Crippen molar-refractivity contribution in [3.8, 4) is 0 Å². The maximum atomic E-state index is 13.4. The van der Waals surface area contributed by atoms with Crippen molar-refractivity contribution in [1.29, 1.82) is 0 Å². The lowest BCUT2D eigenvalue weighted by molar-refractivity contribution is 0.617. The van der Waals surface area contributed by atoms with Crippen molar-refractivity contribution in [2.45, 2.75) is 12.3 Å². The molecule has 0 heterocycles. The normalized spacial score (nSPS) is 12.4. The van der Waals surface area contributed by atoms with E-state index in [4.69, 9.17) is 23.2 Å². The summed E-state index contributed by atoms with van der Waals surface area (Å²) in [6.07, 6.45) is 0.543. The standard InChI is InChI=1S/C15H12Cl2F2/c16-9-12(11-2-1-3-13(18)8-11)6-10-4-5-14(17)15(19)7-10/h1-5,7-8,12H,6,9H2. The molecule has 2 aromatic rings. The Morgan fingerprint density at radius 2 is 1.84 bits per heavy atom. The van der Waals surface area contributed by atoms with E-state index in [-0.39, 0.29) is 16.8 Å². The van der Waals surface area contributed by atoms with Gasteiger partial charge in [-0.05, 0) is 41.8 Å². The lowest BCUT2D eigenvalue weighted by atomic mass is 9.93. The first-order chi connectivity index (χ1) is 9.10. The van der Waals surface area contributed by atoms with Gasteiger partial charge in [0.05, 0.1) is 5.02 Å². The van der Waals surface area contributed by atoms with Crippen LogP contribution in [-0.2, 0) is 6.42 Å². The highest BCUT2D eigenvalue weighted by molar-refractivity contribution is 6.30. The molecule has 0 fully saturated rings. The van der Waals surface area contributed by atoms with Crippen LogP contribution in [0.15, 0.2) is 42.5 Å². The molecule has 0 aliphatic heterocycles. The lowest BCUT2D eigenvalue weighted by Gasteiger charge is -2.14. The van der Waals surface area contributed by atoms with Crippen LogP contribution >= 0.6 is 23.2 Å². The van der Waals surface area contributed by atoms with Crippen molar-refractivity contribution < 1.29 is 8.78 Å². The van der Waals surface area contributed by atoms with E-state index in [1.54, 1.807) is 12.1 Å². The maximum absolute atomic E-state index is 13.4. The summed E-state index contributed by atoms with van der Waals surface area (Å²) in [5.41, 5.74) is 1.60. The van der Waals surface area contributed by atoms with Gasteiger partial charge in [-0.15, -0.1) is 11.6 Å². The van der Waals surface area contributed by atoms with Crippen LogP contribution in [0.2, 0.25) is 5.02 Å². The average Bonchev–Trinajstić information content (AvgIpc) is 2.40. The van der Waals surface area contributed by atoms with Gasteiger partial charge in [-0.2, -0.15) is 0 Å². The fourth-order valence-electron chi connectivity index (χ4n) is 1.97. The minimum atomic E-state index is -0.452. The van der Waals surface area contributed by atoms with Crippen LogP contribution in [0.4, 0.5) is 8.78 Å². The summed E-state index contributed by atoms with van der Waals surface area (Å²) < 4.78 is 26.6. The molecule has 1 unspecified atom stereocenters. The summed E-state index contributed by atoms with van der Waals surface area (Å²) in [5, 5.41) is 0.0944. The fourth-order valence-corrected chi connectivity index (χ4v) is 2.38. The van der Waals surface area contributed by atoms with Crippen molar-refractivity contribution in [3.63, 3.8) is 0 Å². The third kappa shape index (κ3) is 3.68. The smallest absolute Gasteiger partial charge is 0.142 e. The Balaban J connectivity index is 2.21. The monoisotopic (exact) mass is 300 g/mol. The van der Waals surface area contributed by atoms with Gasteiger partial charge in [-0.1, -0.05) is 29.8 Å². The molecule has 4 heteroatoms. The number of alkyl halides is 1. The van der Waals surface area contributed by atoms with E-state index < -0.39 is 5.82 Å². The van der Waals surface area contributed by atoms with Crippen LogP contribution in [0.1, 0.15) is 17.0 Å². The van der Waals surface area contributed by atoms with Gasteiger partial charge in [0.2, 0.25) is 0 Å². The van der Waals surface area contributed by atoms with Crippen LogP contribution in [0, 0.1) is 11.6 Å². The Hall–Kier alpha value is -1.12. The van der Waals surface area contributed by atoms with Gasteiger partial charge >= 0.3 is 0 Å². The predicted molar refractivity (Wildman–Crippen MR) is 75.0 cm³/mol. The van der Waals surface area contributed by atoms with Gasteiger partial charge in [-0.3, -0.25) is 0 Å². The molecule has 19 heavy (non-hydrogen) atoms. The summed E-state index contributed by atoms with van der Waals surface area (Å²) >= 11 is 11.6. The molecule has 0 saturated heterocycles. The van der Waals surface area contributed by atoms with Gasteiger partial charge in [0.1, 0.15) is 11.6 Å². The summed E-state index contributed by atoms with van der Waals surface area (Å²) in [4.78, 5) is 0. The number of hydrogen-bond acceptors (Lipinski definition) is 0. The Morgan fingerprint density at radius 3 is 2.47 bits per heavy atom. The molecule has 0 nitrogen and oxygen atoms in total. The van der Waals surface area contributed by atoms with Gasteiger partial charge in [0.25, 0.3) is 0 Å². The first-order valence-electron chi connectivity index (χ1n) is 5.85. The number of benzene rings is 2. The van der Waals surface area contributed by atoms with Crippen molar-refractivity contribution >= 4 is 23.2 Å². The molecule has 2 aromatic carbocycles. The topological polar surface area (TPSA) is 0 Å². The highest BCUT2D eigenvalue weighted by Gasteiger charge is 2.13. The molecule has 0 aromatic heterocycles. The average molecular weight is 301 g/mol. The van der Waals surface area contributed by atoms with Gasteiger partial charge in [0, 0.05) is 11.8 Å². The molecule has 0 aliphatic rings. The van der Waals surface area contributed by atoms with E-state index in [0.717, 1.165) is 11.1 Å². The zero-order valence-electron chi connectivity index (χ0n) is 10.0. The molecule has 0 saturated carbocycles. The van der Waals surface area contributed by atoms with Crippen LogP contribution in [-0.4, -0.2) is 5.88 Å². The molecule has 0 amide bonds. The second-order valence-electron chi connectivity index (χ2n) is 4.36. The molecule has 0 aliphatic carbocycles. The molecular weight excluding hydrogens is 289 g/mol. The van der Waals surface area contributed by atoms with E-state index >= 15 is 0 Å². The summed E-state index contributed by atoms with van der Waals surface area (Å²) in [6.45, 7) is 0. The highest BCUT2D eigenvalue weighted by atomic mass is 35.5. The third-order valence-corrected chi connectivity index (χ3v) is 3.65. The fraction of sp³-hybridized carbons (Fsp3) is 0.200. The summed E-state index contributed by atoms with van der Waals surface area (Å²) in [6, 6.07) is 11.0. The van der Waals surface area contributed by atoms with Crippen LogP contribution in [0.5, 0.6) is 0 Å². The number of halogens is 4. The molecular formula is C15H12Cl2F2. The summed E-state index contributed by atoms with van der Waals surface area (Å²) in [7, 11) is 0. The van der Waals surface area contributed by atoms with Crippen molar-refractivity contribution in [1.82, 2.24) is 0 Å². The highest BCUT2D eigenvalue weighted by Crippen LogP contribution is 2.25. The summed E-state index contributed by atoms with van der Waals surface area (Å²) in [5.74, 6) is -0.465. The Kier molecular flexibility index (Phi) is 4.78. The molecule has 100 valence electrons. The Bertz CT molecular complexity index is 570. The Morgan fingerprint density at radius 1 is 1.05 bits per heavy atom. The van der Waals surface area contributed by atoms with E-state index in [1.165, 1.54) is 24.3 Å². The predicted octanol–water partition coefficient (Wildman–Crippen LogP) is 5.18. The zero-order valence-corrected chi connectivity index (χ0v) is 11.6. The Labute approximate surface area is 121 Å². The third-order valence-electron chi connectivity index (χ3n) is 2.97. The SMILES string of the molecule is Fc1cccc(C(CCl)Cc2ccc(Cl)c(F)c2)c1. The molecule has 2 rings (SSSR count). The first-order valence-corrected chi connectivity index (χ1v) is 6.76. The van der Waals surface area contributed by atoms with Crippen molar-refractivity contribution in [3.05, 3.63) is 70.2 Å². The van der Waals surface area contributed by atoms with E-state index in [1.807, 2.05) is 6.07 Å². The minimum absolute atomic E-state index is 0.0575. The minimum Gasteiger partial charge on any atom is -0.207 e. The molecule has 0 bridgehead atoms. The van der Waals surface area contributed by atoms with Gasteiger partial charge in [0.15, 0.2) is 0 Å². The van der Waals surface area contributed by atoms with E-state index in [9.17, 15) is 8.78 Å². The van der Waals surface area contributed by atoms with Crippen LogP contribution < -0.4 is 0 Å². The number of rotatable bonds is 4. The molecule has 0 radical (unpaired) electrons. The second-order valence-corrected chi connectivity index (χ2v) is 5.07. The quantitative estimate of drug-likeness (QED) is 0.682. The maximum Gasteiger partial charge on any atom is 0.142 e. The van der Waals surface area contributed by atoms with Crippen molar-refractivity contribution in [2.24, 2.45) is 0 Å². The first kappa shape index (κ1) is 14.3. The van der Waals surface area contributed by atoms with Crippen LogP contribution in [0.25, 0.3) is 0 Å².